The highest BCUT2D eigenvalue weighted by Crippen LogP contribution is 2.31. The van der Waals surface area contributed by atoms with Crippen LogP contribution in [0.3, 0.4) is 0 Å². The first-order valence-electron chi connectivity index (χ1n) is 13.8. The minimum atomic E-state index is -0.853. The lowest BCUT2D eigenvalue weighted by molar-refractivity contribution is -0.137. The van der Waals surface area contributed by atoms with Crippen LogP contribution in [0.25, 0.3) is 0 Å². The predicted octanol–water partition coefficient (Wildman–Crippen LogP) is 5.96. The number of aliphatic carboxylic acids is 1. The number of benzene rings is 1. The normalized spacial score (nSPS) is 13.6. The van der Waals surface area contributed by atoms with Gasteiger partial charge in [-0.3, -0.25) is 10.3 Å². The summed E-state index contributed by atoms with van der Waals surface area (Å²) in [6.45, 7) is 8.15. The number of para-hydroxylation sites is 1. The topological polar surface area (TPSA) is 110 Å². The number of ether oxygens (including phenoxy) is 2. The molecule has 0 amide bonds. The van der Waals surface area contributed by atoms with E-state index in [2.05, 4.69) is 53.2 Å². The second-order valence-corrected chi connectivity index (χ2v) is 13.5. The number of nitrogens with one attached hydrogen (secondary N) is 1. The molecule has 1 unspecified atom stereocenters. The fourth-order valence-electron chi connectivity index (χ4n) is 4.53. The monoisotopic (exact) mass is 596 g/mol. The van der Waals surface area contributed by atoms with Gasteiger partial charge in [-0.15, -0.1) is 12.2 Å². The molecule has 0 radical (unpaired) electrons. The van der Waals surface area contributed by atoms with Crippen molar-refractivity contribution in [1.82, 2.24) is 9.88 Å². The standard InChI is InChI=1S/C22H39N4O3PS.C7H7FO/c1-22(2,16-29-17-30(23)31)15-26(14-11-20(27)28)13-5-3-4-8-19-10-9-18-7-6-12-24-21(18)25-19;1-9-7-5-3-2-4-6(7)8/h9-10,31H,3-8,11-17,23H2,1-2H3,(H,24,25)(H,27,28);2-5H,1H3. The van der Waals surface area contributed by atoms with Crippen LogP contribution in [-0.2, 0) is 22.4 Å². The third-order valence-electron chi connectivity index (χ3n) is 6.43. The lowest BCUT2D eigenvalue weighted by atomic mass is 9.93. The Hall–Kier alpha value is -1.97. The summed E-state index contributed by atoms with van der Waals surface area (Å²) < 4.78 is 22.8. The fourth-order valence-corrected chi connectivity index (χ4v) is 5.05. The number of unbranched alkanes of at least 4 members (excludes halogenated alkanes) is 2. The average molecular weight is 597 g/mol. The van der Waals surface area contributed by atoms with Crippen molar-refractivity contribution in [2.75, 3.05) is 51.6 Å². The van der Waals surface area contributed by atoms with Crippen LogP contribution >= 0.6 is 19.5 Å². The summed E-state index contributed by atoms with van der Waals surface area (Å²) in [7, 11) is 0.589. The maximum Gasteiger partial charge on any atom is 0.304 e. The van der Waals surface area contributed by atoms with Crippen molar-refractivity contribution >= 4 is 31.3 Å². The van der Waals surface area contributed by atoms with Gasteiger partial charge in [0.25, 0.3) is 0 Å². The van der Waals surface area contributed by atoms with Crippen LogP contribution in [0.4, 0.5) is 10.2 Å². The molecule has 1 aliphatic rings. The van der Waals surface area contributed by atoms with Crippen LogP contribution in [0.15, 0.2) is 36.4 Å². The first-order valence-corrected chi connectivity index (χ1v) is 16.6. The molecule has 2 heterocycles. The molecule has 40 heavy (non-hydrogen) atoms. The number of halogens is 1. The van der Waals surface area contributed by atoms with E-state index < -0.39 is 13.2 Å². The maximum absolute atomic E-state index is 12.5. The van der Waals surface area contributed by atoms with Crippen LogP contribution in [0.1, 0.15) is 57.2 Å². The number of carbonyl (C=O) groups is 1. The van der Waals surface area contributed by atoms with Gasteiger partial charge in [0.15, 0.2) is 11.6 Å². The van der Waals surface area contributed by atoms with E-state index in [1.165, 1.54) is 25.2 Å². The van der Waals surface area contributed by atoms with Crippen LogP contribution < -0.4 is 15.6 Å². The minimum absolute atomic E-state index is 0.0718. The highest BCUT2D eigenvalue weighted by Gasteiger charge is 2.23. The van der Waals surface area contributed by atoms with E-state index in [1.807, 2.05) is 0 Å². The summed E-state index contributed by atoms with van der Waals surface area (Å²) in [6, 6.07) is 10.7. The van der Waals surface area contributed by atoms with E-state index in [4.69, 9.17) is 20.3 Å². The molecular weight excluding hydrogens is 550 g/mol. The molecule has 1 atom stereocenters. The Balaban J connectivity index is 0.000000526. The first-order chi connectivity index (χ1) is 19.1. The van der Waals surface area contributed by atoms with Crippen molar-refractivity contribution in [1.29, 1.82) is 0 Å². The number of hydrogen-bond donors (Lipinski definition) is 4. The lowest BCUT2D eigenvalue weighted by Crippen LogP contribution is -2.39. The Morgan fingerprint density at radius 2 is 2.00 bits per heavy atom. The summed E-state index contributed by atoms with van der Waals surface area (Å²) >= 11 is 4.20. The number of rotatable bonds is 16. The van der Waals surface area contributed by atoms with Gasteiger partial charge in [0, 0.05) is 38.0 Å². The molecule has 1 aromatic heterocycles. The smallest absolute Gasteiger partial charge is 0.304 e. The zero-order chi connectivity index (χ0) is 29.4. The molecule has 1 aliphatic heterocycles. The number of aryl methyl sites for hydroxylation is 2. The molecular formula is C29H46FN4O4PS. The number of hydrogen-bond acceptors (Lipinski definition) is 8. The van der Waals surface area contributed by atoms with E-state index in [1.54, 1.807) is 18.2 Å². The van der Waals surface area contributed by atoms with E-state index in [0.717, 1.165) is 63.3 Å². The van der Waals surface area contributed by atoms with Gasteiger partial charge in [0.05, 0.1) is 26.5 Å². The molecule has 0 aliphatic carbocycles. The lowest BCUT2D eigenvalue weighted by Gasteiger charge is -2.32. The number of nitrogens with two attached hydrogens (primary N) is 1. The Morgan fingerprint density at radius 3 is 2.67 bits per heavy atom. The quantitative estimate of drug-likeness (QED) is 0.107. The van der Waals surface area contributed by atoms with Gasteiger partial charge >= 0.3 is 5.97 Å². The number of carboxylic acid groups (broad SMARTS) is 1. The molecule has 0 fully saturated rings. The minimum Gasteiger partial charge on any atom is -0.494 e. The molecule has 0 saturated heterocycles. The highest BCUT2D eigenvalue weighted by atomic mass is 32.7. The average Bonchev–Trinajstić information content (AvgIpc) is 2.91. The second-order valence-electron chi connectivity index (χ2n) is 10.8. The number of fused-ring (bicyclic) bond motifs is 1. The number of nitrogens with zero attached hydrogens (tertiary/aromatic N) is 2. The molecule has 1 aromatic carbocycles. The van der Waals surface area contributed by atoms with Crippen LogP contribution in [0.5, 0.6) is 5.75 Å². The maximum atomic E-state index is 12.5. The first kappa shape index (κ1) is 34.2. The van der Waals surface area contributed by atoms with Gasteiger partial charge in [-0.25, -0.2) is 9.37 Å². The largest absolute Gasteiger partial charge is 0.494 e. The molecule has 11 heteroatoms. The third kappa shape index (κ3) is 14.1. The van der Waals surface area contributed by atoms with Gasteiger partial charge in [-0.05, 0) is 62.4 Å². The zero-order valence-corrected chi connectivity index (χ0v) is 25.9. The molecule has 4 N–H and O–H groups in total. The van der Waals surface area contributed by atoms with Gasteiger partial charge in [0.2, 0.25) is 0 Å². The zero-order valence-electron chi connectivity index (χ0n) is 24.1. The number of anilines is 1. The molecule has 0 spiro atoms. The molecule has 8 nitrogen and oxygen atoms in total. The summed E-state index contributed by atoms with van der Waals surface area (Å²) in [5.74, 6) is 0.278. The number of thiol groups is 1. The van der Waals surface area contributed by atoms with Crippen LogP contribution in [0, 0.1) is 11.2 Å². The number of pyridine rings is 1. The Kier molecular flexibility index (Phi) is 15.8. The van der Waals surface area contributed by atoms with Crippen molar-refractivity contribution in [2.24, 2.45) is 10.9 Å². The summed E-state index contributed by atoms with van der Waals surface area (Å²) in [4.78, 5) is 18.1. The third-order valence-corrected chi connectivity index (χ3v) is 7.22. The summed E-state index contributed by atoms with van der Waals surface area (Å²) in [6.07, 6.45) is 7.15. The summed E-state index contributed by atoms with van der Waals surface area (Å²) in [5.41, 5.74) is 8.10. The van der Waals surface area contributed by atoms with E-state index in [0.29, 0.717) is 19.5 Å². The van der Waals surface area contributed by atoms with Crippen molar-refractivity contribution < 1.29 is 23.8 Å². The van der Waals surface area contributed by atoms with Crippen molar-refractivity contribution in [2.45, 2.75) is 58.8 Å². The fraction of sp³-hybridized carbons (Fsp3) is 0.586. The molecule has 0 saturated carbocycles. The second kappa shape index (κ2) is 18.5. The van der Waals surface area contributed by atoms with Gasteiger partial charge in [-0.2, -0.15) is 0 Å². The van der Waals surface area contributed by atoms with Crippen molar-refractivity contribution in [3.63, 3.8) is 0 Å². The van der Waals surface area contributed by atoms with Crippen LogP contribution in [-0.4, -0.2) is 67.2 Å². The van der Waals surface area contributed by atoms with Crippen molar-refractivity contribution in [3.05, 3.63) is 53.5 Å². The van der Waals surface area contributed by atoms with E-state index in [-0.39, 0.29) is 23.4 Å². The number of carboxylic acids is 1. The molecule has 2 aromatic rings. The van der Waals surface area contributed by atoms with Crippen LogP contribution in [0.2, 0.25) is 0 Å². The Bertz CT molecular complexity index is 1030. The van der Waals surface area contributed by atoms with Gasteiger partial charge in [0.1, 0.15) is 5.82 Å². The number of aromatic nitrogens is 1. The molecule has 224 valence electrons. The van der Waals surface area contributed by atoms with E-state index in [9.17, 15) is 9.18 Å². The highest BCUT2D eigenvalue weighted by molar-refractivity contribution is 8.44. The Morgan fingerprint density at radius 1 is 1.23 bits per heavy atom. The summed E-state index contributed by atoms with van der Waals surface area (Å²) in [5, 5.41) is 12.5. The number of methoxy groups -OCH3 is 1. The molecule has 0 bridgehead atoms. The van der Waals surface area contributed by atoms with E-state index >= 15 is 0 Å². The SMILES string of the molecule is CC(C)(COCP(N)S)CN(CCCCCc1ccc2c(n1)NCCC2)CCC(=O)O.COc1ccccc1F. The predicted molar refractivity (Wildman–Crippen MR) is 165 cm³/mol. The van der Waals surface area contributed by atoms with Crippen molar-refractivity contribution in [3.8, 4) is 5.75 Å². The molecule has 3 rings (SSSR count). The Labute approximate surface area is 245 Å². The van der Waals surface area contributed by atoms with Gasteiger partial charge < -0.3 is 24.8 Å². The van der Waals surface area contributed by atoms with Gasteiger partial charge in [-0.1, -0.05) is 38.5 Å².